The smallest absolute Gasteiger partial charge is 0.417 e. The number of hydrogen-bond donors (Lipinski definition) is 2. The van der Waals surface area contributed by atoms with Crippen LogP contribution in [0.4, 0.5) is 22.0 Å². The van der Waals surface area contributed by atoms with Crippen LogP contribution in [-0.4, -0.2) is 34.1 Å². The Labute approximate surface area is 172 Å². The zero-order valence-electron chi connectivity index (χ0n) is 16.6. The standard InChI is InChI=1S/C20H18F5N3O3/c1-8-14(9-4-5-10(21)15(22)17(9)30-3)18(31-19(8,2)20(23,24)25)11-6-13(29)16-12(27-11)7-26-28-16/h4-8,14,18H,1-3H3,(H,26,28)(H,27,29)/t8-,14-,18-,19+/m0/s1. The molecule has 1 aliphatic rings. The molecule has 4 atom stereocenters. The van der Waals surface area contributed by atoms with Gasteiger partial charge in [-0.3, -0.25) is 9.89 Å². The lowest BCUT2D eigenvalue weighted by Crippen LogP contribution is -2.46. The molecule has 166 valence electrons. The molecule has 1 aromatic carbocycles. The van der Waals surface area contributed by atoms with E-state index in [-0.39, 0.29) is 22.3 Å². The number of ether oxygens (including phenoxy) is 2. The van der Waals surface area contributed by atoms with Gasteiger partial charge in [-0.15, -0.1) is 0 Å². The molecule has 0 unspecified atom stereocenters. The third-order valence-electron chi connectivity index (χ3n) is 6.07. The van der Waals surface area contributed by atoms with Crippen molar-refractivity contribution < 1.29 is 31.4 Å². The Hall–Kier alpha value is -2.95. The molecule has 3 aromatic rings. The Balaban J connectivity index is 1.95. The fraction of sp³-hybridized carbons (Fsp3) is 0.400. The molecule has 0 amide bonds. The van der Waals surface area contributed by atoms with Crippen LogP contribution < -0.4 is 10.2 Å². The van der Waals surface area contributed by atoms with Crippen LogP contribution in [0.15, 0.2) is 29.2 Å². The predicted octanol–water partition coefficient (Wildman–Crippen LogP) is 4.35. The quantitative estimate of drug-likeness (QED) is 0.590. The molecule has 1 fully saturated rings. The van der Waals surface area contributed by atoms with E-state index in [0.717, 1.165) is 26.2 Å². The second-order valence-corrected chi connectivity index (χ2v) is 7.69. The molecule has 0 aliphatic carbocycles. The first-order valence-electron chi connectivity index (χ1n) is 9.32. The van der Waals surface area contributed by atoms with Gasteiger partial charge in [0.15, 0.2) is 17.2 Å². The summed E-state index contributed by atoms with van der Waals surface area (Å²) in [5, 5.41) is 6.25. The number of pyridine rings is 1. The molecule has 2 N–H and O–H groups in total. The maximum Gasteiger partial charge on any atom is 0.417 e. The number of methoxy groups -OCH3 is 1. The van der Waals surface area contributed by atoms with Gasteiger partial charge in [0, 0.05) is 29.2 Å². The number of halogens is 5. The van der Waals surface area contributed by atoms with E-state index in [1.807, 2.05) is 0 Å². The summed E-state index contributed by atoms with van der Waals surface area (Å²) in [4.78, 5) is 15.3. The van der Waals surface area contributed by atoms with E-state index in [1.54, 1.807) is 0 Å². The molecular formula is C20H18F5N3O3. The number of aromatic nitrogens is 3. The minimum Gasteiger partial charge on any atom is -0.493 e. The molecule has 11 heteroatoms. The van der Waals surface area contributed by atoms with Gasteiger partial charge in [0.05, 0.1) is 18.8 Å². The number of benzene rings is 1. The zero-order chi connectivity index (χ0) is 22.7. The van der Waals surface area contributed by atoms with Crippen molar-refractivity contribution in [1.82, 2.24) is 15.2 Å². The lowest BCUT2D eigenvalue weighted by atomic mass is 9.76. The lowest BCUT2D eigenvalue weighted by molar-refractivity contribution is -0.275. The minimum absolute atomic E-state index is 0.0000135. The van der Waals surface area contributed by atoms with Crippen LogP contribution in [0.3, 0.4) is 0 Å². The number of nitrogens with one attached hydrogen (secondary N) is 2. The van der Waals surface area contributed by atoms with Gasteiger partial charge in [0.25, 0.3) is 0 Å². The second-order valence-electron chi connectivity index (χ2n) is 7.69. The van der Waals surface area contributed by atoms with Crippen molar-refractivity contribution in [3.8, 4) is 5.75 Å². The summed E-state index contributed by atoms with van der Waals surface area (Å²) in [6.07, 6.45) is -4.78. The van der Waals surface area contributed by atoms with E-state index in [4.69, 9.17) is 9.47 Å². The van der Waals surface area contributed by atoms with Crippen molar-refractivity contribution in [3.05, 3.63) is 57.5 Å². The SMILES string of the molecule is COc1c([C@H]2[C@H](c3cc(=O)c4[nH]ncc4[nH]3)O[C@@](C)(C(F)(F)F)[C@H]2C)ccc(F)c1F. The summed E-state index contributed by atoms with van der Waals surface area (Å²) in [5.74, 6) is -5.37. The molecule has 2 aromatic heterocycles. The van der Waals surface area contributed by atoms with Crippen LogP contribution in [0.5, 0.6) is 5.75 Å². The van der Waals surface area contributed by atoms with Crippen molar-refractivity contribution >= 4 is 11.0 Å². The summed E-state index contributed by atoms with van der Waals surface area (Å²) < 4.78 is 80.7. The fourth-order valence-corrected chi connectivity index (χ4v) is 4.21. The third-order valence-corrected chi connectivity index (χ3v) is 6.07. The van der Waals surface area contributed by atoms with Crippen molar-refractivity contribution in [3.63, 3.8) is 0 Å². The van der Waals surface area contributed by atoms with Gasteiger partial charge in [0.1, 0.15) is 11.6 Å². The average molecular weight is 443 g/mol. The number of hydrogen-bond acceptors (Lipinski definition) is 4. The molecule has 31 heavy (non-hydrogen) atoms. The van der Waals surface area contributed by atoms with Crippen molar-refractivity contribution in [2.24, 2.45) is 5.92 Å². The Morgan fingerprint density at radius 2 is 1.97 bits per heavy atom. The number of nitrogens with zero attached hydrogens (tertiary/aromatic N) is 1. The van der Waals surface area contributed by atoms with E-state index in [2.05, 4.69) is 15.2 Å². The van der Waals surface area contributed by atoms with Crippen LogP contribution in [0.2, 0.25) is 0 Å². The Morgan fingerprint density at radius 3 is 2.61 bits per heavy atom. The van der Waals surface area contributed by atoms with Crippen molar-refractivity contribution in [1.29, 1.82) is 0 Å². The molecule has 3 heterocycles. The molecular weight excluding hydrogens is 425 g/mol. The van der Waals surface area contributed by atoms with Crippen LogP contribution in [-0.2, 0) is 4.74 Å². The highest BCUT2D eigenvalue weighted by Crippen LogP contribution is 2.59. The number of rotatable bonds is 3. The van der Waals surface area contributed by atoms with Crippen LogP contribution in [0.1, 0.15) is 37.1 Å². The maximum absolute atomic E-state index is 14.4. The lowest BCUT2D eigenvalue weighted by Gasteiger charge is -2.32. The normalized spacial score (nSPS) is 26.5. The Kier molecular flexibility index (Phi) is 4.84. The van der Waals surface area contributed by atoms with Crippen molar-refractivity contribution in [2.45, 2.75) is 37.6 Å². The molecule has 0 saturated carbocycles. The molecule has 1 saturated heterocycles. The number of H-pyrrole nitrogens is 2. The number of aromatic amines is 2. The fourth-order valence-electron chi connectivity index (χ4n) is 4.21. The predicted molar refractivity (Wildman–Crippen MR) is 99.8 cm³/mol. The van der Waals surface area contributed by atoms with E-state index >= 15 is 0 Å². The highest BCUT2D eigenvalue weighted by Gasteiger charge is 2.65. The molecule has 1 aliphatic heterocycles. The van der Waals surface area contributed by atoms with Crippen LogP contribution >= 0.6 is 0 Å². The summed E-state index contributed by atoms with van der Waals surface area (Å²) >= 11 is 0. The molecule has 0 spiro atoms. The molecule has 0 bridgehead atoms. The maximum atomic E-state index is 14.4. The zero-order valence-corrected chi connectivity index (χ0v) is 16.6. The second kappa shape index (κ2) is 7.04. The first-order chi connectivity index (χ1) is 14.5. The highest BCUT2D eigenvalue weighted by molar-refractivity contribution is 5.73. The minimum atomic E-state index is -4.77. The largest absolute Gasteiger partial charge is 0.493 e. The monoisotopic (exact) mass is 443 g/mol. The molecule has 6 nitrogen and oxygen atoms in total. The molecule has 4 rings (SSSR count). The van der Waals surface area contributed by atoms with Crippen LogP contribution in [0, 0.1) is 17.6 Å². The first kappa shape index (κ1) is 21.3. The van der Waals surface area contributed by atoms with Gasteiger partial charge < -0.3 is 14.5 Å². The third kappa shape index (κ3) is 3.10. The van der Waals surface area contributed by atoms with E-state index in [0.29, 0.717) is 0 Å². The van der Waals surface area contributed by atoms with Gasteiger partial charge in [-0.05, 0) is 13.0 Å². The Bertz CT molecular complexity index is 1200. The van der Waals surface area contributed by atoms with Gasteiger partial charge >= 0.3 is 6.18 Å². The van der Waals surface area contributed by atoms with Gasteiger partial charge in [-0.1, -0.05) is 13.0 Å². The highest BCUT2D eigenvalue weighted by atomic mass is 19.4. The van der Waals surface area contributed by atoms with E-state index in [1.165, 1.54) is 19.2 Å². The van der Waals surface area contributed by atoms with Crippen LogP contribution in [0.25, 0.3) is 11.0 Å². The number of alkyl halides is 3. The summed E-state index contributed by atoms with van der Waals surface area (Å²) in [6.45, 7) is 2.21. The number of fused-ring (bicyclic) bond motifs is 1. The van der Waals surface area contributed by atoms with E-state index in [9.17, 15) is 26.7 Å². The Morgan fingerprint density at radius 1 is 1.26 bits per heavy atom. The summed E-state index contributed by atoms with van der Waals surface area (Å²) in [6, 6.07) is 3.10. The summed E-state index contributed by atoms with van der Waals surface area (Å²) in [7, 11) is 1.10. The summed E-state index contributed by atoms with van der Waals surface area (Å²) in [5.41, 5.74) is -2.66. The topological polar surface area (TPSA) is 80.0 Å². The molecule has 0 radical (unpaired) electrons. The average Bonchev–Trinajstić information content (AvgIpc) is 3.28. The van der Waals surface area contributed by atoms with Gasteiger partial charge in [0.2, 0.25) is 11.2 Å². The van der Waals surface area contributed by atoms with Gasteiger partial charge in [-0.2, -0.15) is 22.7 Å². The first-order valence-corrected chi connectivity index (χ1v) is 9.32. The van der Waals surface area contributed by atoms with E-state index < -0.39 is 52.5 Å². The van der Waals surface area contributed by atoms with Gasteiger partial charge in [-0.25, -0.2) is 4.39 Å². The van der Waals surface area contributed by atoms with Crippen molar-refractivity contribution in [2.75, 3.05) is 7.11 Å².